The van der Waals surface area contributed by atoms with E-state index < -0.39 is 23.5 Å². The van der Waals surface area contributed by atoms with E-state index in [1.54, 1.807) is 0 Å². The Labute approximate surface area is 141 Å². The minimum Gasteiger partial charge on any atom is -0.370 e. The molecule has 0 fully saturated rings. The summed E-state index contributed by atoms with van der Waals surface area (Å²) in [6.45, 7) is 0.193. The lowest BCUT2D eigenvalue weighted by Gasteiger charge is -2.29. The van der Waals surface area contributed by atoms with E-state index in [0.29, 0.717) is 17.2 Å². The Morgan fingerprint density at radius 3 is 2.60 bits per heavy atom. The van der Waals surface area contributed by atoms with Gasteiger partial charge in [-0.25, -0.2) is 18.0 Å². The predicted molar refractivity (Wildman–Crippen MR) is 84.9 cm³/mol. The molecule has 0 spiro atoms. The van der Waals surface area contributed by atoms with Crippen LogP contribution in [0.3, 0.4) is 0 Å². The summed E-state index contributed by atoms with van der Waals surface area (Å²) in [7, 11) is 0. The van der Waals surface area contributed by atoms with E-state index in [2.05, 4.69) is 9.98 Å². The van der Waals surface area contributed by atoms with Crippen LogP contribution in [0.25, 0.3) is 11.3 Å². The number of carbonyl (C=O) groups excluding carboxylic acids is 1. The molecule has 2 amide bonds. The number of nitrogens with zero attached hydrogens (tertiary/aromatic N) is 3. The molecule has 4 N–H and O–H groups in total. The first-order chi connectivity index (χ1) is 11.9. The van der Waals surface area contributed by atoms with Gasteiger partial charge < -0.3 is 16.4 Å². The standard InChI is InChI=1S/C16H14F3N5O/c17-8-5-13(19)14(22-6-8)10-1-2-12(18)9-3-4-24(7-11(9)10)16(25)23-15(20)21/h1-2,5-6H,3-4,7H2,(H4,20,21,23,25). The van der Waals surface area contributed by atoms with Crippen LogP contribution in [0.15, 0.2) is 29.4 Å². The lowest BCUT2D eigenvalue weighted by atomic mass is 9.92. The second-order valence-corrected chi connectivity index (χ2v) is 5.53. The van der Waals surface area contributed by atoms with Gasteiger partial charge in [-0.2, -0.15) is 4.99 Å². The number of halogens is 3. The maximum Gasteiger partial charge on any atom is 0.347 e. The number of aromatic nitrogens is 1. The van der Waals surface area contributed by atoms with Gasteiger partial charge in [0.25, 0.3) is 0 Å². The summed E-state index contributed by atoms with van der Waals surface area (Å²) in [6, 6.07) is 2.58. The first-order valence-electron chi connectivity index (χ1n) is 7.37. The molecule has 1 aliphatic rings. The quantitative estimate of drug-likeness (QED) is 0.607. The number of urea groups is 1. The zero-order chi connectivity index (χ0) is 18.1. The number of benzene rings is 1. The predicted octanol–water partition coefficient (Wildman–Crippen LogP) is 1.92. The SMILES string of the molecule is NC(N)=NC(=O)N1CCc2c(F)ccc(-c3ncc(F)cc3F)c2C1. The van der Waals surface area contributed by atoms with Gasteiger partial charge in [-0.3, -0.25) is 4.98 Å². The number of fused-ring (bicyclic) bond motifs is 1. The Morgan fingerprint density at radius 2 is 1.92 bits per heavy atom. The monoisotopic (exact) mass is 349 g/mol. The fourth-order valence-electron chi connectivity index (χ4n) is 2.81. The minimum atomic E-state index is -0.874. The number of carbonyl (C=O) groups is 1. The van der Waals surface area contributed by atoms with Gasteiger partial charge in [0.05, 0.1) is 6.20 Å². The van der Waals surface area contributed by atoms with Crippen LogP contribution in [0.1, 0.15) is 11.1 Å². The van der Waals surface area contributed by atoms with Gasteiger partial charge in [0.1, 0.15) is 17.3 Å². The molecule has 3 rings (SSSR count). The van der Waals surface area contributed by atoms with Crippen LogP contribution < -0.4 is 11.5 Å². The third kappa shape index (κ3) is 3.25. The Kier molecular flexibility index (Phi) is 4.30. The van der Waals surface area contributed by atoms with E-state index in [0.717, 1.165) is 6.20 Å². The summed E-state index contributed by atoms with van der Waals surface area (Å²) in [5.41, 5.74) is 11.3. The molecule has 0 unspecified atom stereocenters. The summed E-state index contributed by atoms with van der Waals surface area (Å²) in [4.78, 5) is 20.5. The van der Waals surface area contributed by atoms with E-state index >= 15 is 0 Å². The Balaban J connectivity index is 2.07. The normalized spacial score (nSPS) is 13.3. The molecule has 25 heavy (non-hydrogen) atoms. The maximum absolute atomic E-state index is 14.1. The second-order valence-electron chi connectivity index (χ2n) is 5.53. The lowest BCUT2D eigenvalue weighted by molar-refractivity contribution is 0.202. The van der Waals surface area contributed by atoms with Gasteiger partial charge in [0.15, 0.2) is 11.8 Å². The Morgan fingerprint density at radius 1 is 1.16 bits per heavy atom. The maximum atomic E-state index is 14.1. The van der Waals surface area contributed by atoms with Gasteiger partial charge >= 0.3 is 6.03 Å². The molecule has 0 aliphatic carbocycles. The minimum absolute atomic E-state index is 0.0173. The molecular formula is C16H14F3N5O. The molecule has 1 aliphatic heterocycles. The van der Waals surface area contributed by atoms with Gasteiger partial charge in [0.2, 0.25) is 0 Å². The smallest absolute Gasteiger partial charge is 0.347 e. The topological polar surface area (TPSA) is 97.6 Å². The number of hydrogen-bond donors (Lipinski definition) is 2. The number of pyridine rings is 1. The molecule has 0 saturated heterocycles. The molecule has 6 nitrogen and oxygen atoms in total. The number of rotatable bonds is 1. The average Bonchev–Trinajstić information content (AvgIpc) is 2.55. The van der Waals surface area contributed by atoms with Crippen molar-refractivity contribution < 1.29 is 18.0 Å². The van der Waals surface area contributed by atoms with E-state index in [1.807, 2.05) is 0 Å². The summed E-state index contributed by atoms with van der Waals surface area (Å²) in [6.07, 6.45) is 1.09. The fourth-order valence-corrected chi connectivity index (χ4v) is 2.81. The number of nitrogens with two attached hydrogens (primary N) is 2. The molecule has 130 valence electrons. The Hall–Kier alpha value is -3.10. The molecule has 0 saturated carbocycles. The van der Waals surface area contributed by atoms with Crippen LogP contribution in [0.5, 0.6) is 0 Å². The highest BCUT2D eigenvalue weighted by Crippen LogP contribution is 2.32. The van der Waals surface area contributed by atoms with Gasteiger partial charge in [-0.1, -0.05) is 0 Å². The van der Waals surface area contributed by atoms with Crippen LogP contribution in [-0.4, -0.2) is 28.4 Å². The average molecular weight is 349 g/mol. The third-order valence-corrected chi connectivity index (χ3v) is 3.91. The molecule has 2 heterocycles. The summed E-state index contributed by atoms with van der Waals surface area (Å²) in [5, 5.41) is 0. The van der Waals surface area contributed by atoms with E-state index in [1.165, 1.54) is 17.0 Å². The molecule has 1 aromatic heterocycles. The second kappa shape index (κ2) is 6.42. The highest BCUT2D eigenvalue weighted by Gasteiger charge is 2.26. The van der Waals surface area contributed by atoms with Gasteiger partial charge in [-0.05, 0) is 29.7 Å². The van der Waals surface area contributed by atoms with Crippen LogP contribution >= 0.6 is 0 Å². The third-order valence-electron chi connectivity index (χ3n) is 3.91. The highest BCUT2D eigenvalue weighted by molar-refractivity contribution is 5.90. The van der Waals surface area contributed by atoms with Crippen molar-refractivity contribution in [2.24, 2.45) is 16.5 Å². The molecule has 2 aromatic rings. The first kappa shape index (κ1) is 16.7. The van der Waals surface area contributed by atoms with Crippen molar-refractivity contribution in [3.05, 3.63) is 53.0 Å². The van der Waals surface area contributed by atoms with Gasteiger partial charge in [0, 0.05) is 24.7 Å². The van der Waals surface area contributed by atoms with Crippen molar-refractivity contribution in [2.75, 3.05) is 6.54 Å². The van der Waals surface area contributed by atoms with Crippen molar-refractivity contribution in [1.29, 1.82) is 0 Å². The number of amides is 2. The van der Waals surface area contributed by atoms with E-state index in [4.69, 9.17) is 11.5 Å². The fraction of sp³-hybridized carbons (Fsp3) is 0.188. The van der Waals surface area contributed by atoms with Crippen LogP contribution in [0.2, 0.25) is 0 Å². The summed E-state index contributed by atoms with van der Waals surface area (Å²) >= 11 is 0. The molecular weight excluding hydrogens is 335 g/mol. The van der Waals surface area contributed by atoms with Crippen LogP contribution in [0.4, 0.5) is 18.0 Å². The lowest BCUT2D eigenvalue weighted by Crippen LogP contribution is -2.37. The number of hydrogen-bond acceptors (Lipinski definition) is 2. The molecule has 1 aromatic carbocycles. The largest absolute Gasteiger partial charge is 0.370 e. The zero-order valence-corrected chi connectivity index (χ0v) is 13.0. The van der Waals surface area contributed by atoms with Gasteiger partial charge in [-0.15, -0.1) is 0 Å². The molecule has 9 heteroatoms. The highest BCUT2D eigenvalue weighted by atomic mass is 19.1. The van der Waals surface area contributed by atoms with Crippen molar-refractivity contribution in [1.82, 2.24) is 9.88 Å². The summed E-state index contributed by atoms with van der Waals surface area (Å²) in [5.74, 6) is -2.54. The van der Waals surface area contributed by atoms with Crippen molar-refractivity contribution in [3.8, 4) is 11.3 Å². The Bertz CT molecular complexity index is 880. The van der Waals surface area contributed by atoms with Crippen LogP contribution in [-0.2, 0) is 13.0 Å². The first-order valence-corrected chi connectivity index (χ1v) is 7.37. The number of aliphatic imine (C=N–C) groups is 1. The van der Waals surface area contributed by atoms with E-state index in [-0.39, 0.29) is 36.7 Å². The zero-order valence-electron chi connectivity index (χ0n) is 13.0. The van der Waals surface area contributed by atoms with E-state index in [9.17, 15) is 18.0 Å². The van der Waals surface area contributed by atoms with Crippen molar-refractivity contribution >= 4 is 12.0 Å². The molecule has 0 radical (unpaired) electrons. The number of guanidine groups is 1. The molecule has 0 atom stereocenters. The van der Waals surface area contributed by atoms with Crippen LogP contribution in [0, 0.1) is 17.5 Å². The van der Waals surface area contributed by atoms with Crippen molar-refractivity contribution in [3.63, 3.8) is 0 Å². The van der Waals surface area contributed by atoms with Crippen molar-refractivity contribution in [2.45, 2.75) is 13.0 Å². The summed E-state index contributed by atoms with van der Waals surface area (Å²) < 4.78 is 41.3. The molecule has 0 bridgehead atoms.